The van der Waals surface area contributed by atoms with Crippen molar-refractivity contribution >= 4 is 23.4 Å². The molecular formula is C17H21N3O2S. The Morgan fingerprint density at radius 1 is 1.39 bits per heavy atom. The van der Waals surface area contributed by atoms with Gasteiger partial charge >= 0.3 is 0 Å². The first-order valence-corrected chi connectivity index (χ1v) is 8.73. The number of hydrogen-bond acceptors (Lipinski definition) is 4. The van der Waals surface area contributed by atoms with Crippen LogP contribution in [0.1, 0.15) is 17.4 Å². The number of ether oxygens (including phenoxy) is 1. The molecule has 0 aliphatic carbocycles. The van der Waals surface area contributed by atoms with Gasteiger partial charge < -0.3 is 9.64 Å². The van der Waals surface area contributed by atoms with Crippen LogP contribution in [0, 0.1) is 5.92 Å². The minimum Gasteiger partial charge on any atom is -0.383 e. The normalized spacial score (nSPS) is 17.7. The van der Waals surface area contributed by atoms with Crippen LogP contribution in [0.4, 0.5) is 5.69 Å². The first-order chi connectivity index (χ1) is 11.2. The Bertz CT molecular complexity index is 686. The third-order valence-electron chi connectivity index (χ3n) is 3.80. The second-order valence-corrected chi connectivity index (χ2v) is 6.82. The Hall–Kier alpha value is -1.79. The smallest absolute Gasteiger partial charge is 0.278 e. The highest BCUT2D eigenvalue weighted by Crippen LogP contribution is 2.35. The van der Waals surface area contributed by atoms with E-state index in [0.717, 1.165) is 16.3 Å². The van der Waals surface area contributed by atoms with Crippen LogP contribution in [0.25, 0.3) is 0 Å². The fourth-order valence-corrected chi connectivity index (χ4v) is 3.68. The summed E-state index contributed by atoms with van der Waals surface area (Å²) in [4.78, 5) is 16.0. The highest BCUT2D eigenvalue weighted by molar-refractivity contribution is 7.99. The Balaban J connectivity index is 1.86. The predicted molar refractivity (Wildman–Crippen MR) is 92.1 cm³/mol. The molecule has 0 bridgehead atoms. The highest BCUT2D eigenvalue weighted by atomic mass is 32.2. The van der Waals surface area contributed by atoms with Crippen molar-refractivity contribution in [2.24, 2.45) is 5.92 Å². The van der Waals surface area contributed by atoms with Gasteiger partial charge in [0.25, 0.3) is 5.91 Å². The van der Waals surface area contributed by atoms with E-state index in [2.05, 4.69) is 18.1 Å². The number of carbonyl (C=O) groups excluding carboxylic acids is 1. The molecular weight excluding hydrogens is 310 g/mol. The number of fused-ring (bicyclic) bond motifs is 1. The summed E-state index contributed by atoms with van der Waals surface area (Å²) in [5.74, 6) is 1.41. The Kier molecular flexibility index (Phi) is 5.03. The molecule has 0 unspecified atom stereocenters. The predicted octanol–water partition coefficient (Wildman–Crippen LogP) is 2.92. The average Bonchev–Trinajstić information content (AvgIpc) is 2.97. The van der Waals surface area contributed by atoms with Crippen molar-refractivity contribution in [2.45, 2.75) is 18.4 Å². The number of anilines is 1. The largest absolute Gasteiger partial charge is 0.383 e. The van der Waals surface area contributed by atoms with Gasteiger partial charge in [0, 0.05) is 30.5 Å². The van der Waals surface area contributed by atoms with E-state index in [1.807, 2.05) is 41.1 Å². The molecule has 23 heavy (non-hydrogen) atoms. The number of rotatable bonds is 4. The summed E-state index contributed by atoms with van der Waals surface area (Å²) in [5.41, 5.74) is 1.47. The van der Waals surface area contributed by atoms with E-state index < -0.39 is 0 Å². The summed E-state index contributed by atoms with van der Waals surface area (Å²) in [5, 5.41) is 4.39. The van der Waals surface area contributed by atoms with Crippen LogP contribution >= 0.6 is 11.8 Å². The number of hydrogen-bond donors (Lipinski definition) is 0. The van der Waals surface area contributed by atoms with E-state index in [4.69, 9.17) is 4.74 Å². The Morgan fingerprint density at radius 2 is 2.22 bits per heavy atom. The summed E-state index contributed by atoms with van der Waals surface area (Å²) >= 11 is 1.81. The number of aromatic nitrogens is 2. The van der Waals surface area contributed by atoms with Crippen molar-refractivity contribution in [2.75, 3.05) is 30.9 Å². The maximum Gasteiger partial charge on any atom is 0.278 e. The van der Waals surface area contributed by atoms with Gasteiger partial charge in [0.2, 0.25) is 0 Å². The maximum absolute atomic E-state index is 13.0. The third-order valence-corrected chi connectivity index (χ3v) is 5.20. The lowest BCUT2D eigenvalue weighted by atomic mass is 10.1. The quantitative estimate of drug-likeness (QED) is 0.864. The molecule has 5 nitrogen and oxygen atoms in total. The first-order valence-electron chi connectivity index (χ1n) is 7.75. The molecule has 1 amide bonds. The average molecular weight is 331 g/mol. The molecule has 6 heteroatoms. The summed E-state index contributed by atoms with van der Waals surface area (Å²) in [7, 11) is 1.66. The molecule has 2 heterocycles. The molecule has 0 N–H and O–H groups in total. The van der Waals surface area contributed by atoms with Crippen molar-refractivity contribution in [3.8, 4) is 0 Å². The van der Waals surface area contributed by atoms with E-state index in [9.17, 15) is 4.79 Å². The van der Waals surface area contributed by atoms with Crippen molar-refractivity contribution in [3.63, 3.8) is 0 Å². The van der Waals surface area contributed by atoms with Crippen LogP contribution in [-0.4, -0.2) is 41.7 Å². The van der Waals surface area contributed by atoms with E-state index in [1.165, 1.54) is 0 Å². The SMILES string of the molecule is COCCn1ccc(C(=O)N2C[C@H](C)CSc3ccccc32)n1. The van der Waals surface area contributed by atoms with Gasteiger partial charge in [-0.1, -0.05) is 19.1 Å². The molecule has 0 spiro atoms. The second-order valence-electron chi connectivity index (χ2n) is 5.76. The van der Waals surface area contributed by atoms with E-state index in [0.29, 0.717) is 31.3 Å². The molecule has 1 aromatic carbocycles. The number of para-hydroxylation sites is 1. The molecule has 1 aliphatic rings. The summed E-state index contributed by atoms with van der Waals surface area (Å²) in [6.45, 7) is 4.12. The van der Waals surface area contributed by atoms with E-state index in [-0.39, 0.29) is 5.91 Å². The summed E-state index contributed by atoms with van der Waals surface area (Å²) in [6.07, 6.45) is 1.83. The minimum atomic E-state index is -0.0389. The zero-order chi connectivity index (χ0) is 16.2. The van der Waals surface area contributed by atoms with Gasteiger partial charge in [-0.05, 0) is 24.1 Å². The Morgan fingerprint density at radius 3 is 3.04 bits per heavy atom. The molecule has 122 valence electrons. The molecule has 3 rings (SSSR count). The van der Waals surface area contributed by atoms with Gasteiger partial charge in [-0.15, -0.1) is 11.8 Å². The van der Waals surface area contributed by atoms with E-state index >= 15 is 0 Å². The monoisotopic (exact) mass is 331 g/mol. The molecule has 1 aliphatic heterocycles. The van der Waals surface area contributed by atoms with Gasteiger partial charge in [0.15, 0.2) is 5.69 Å². The lowest BCUT2D eigenvalue weighted by Crippen LogP contribution is -2.35. The molecule has 0 saturated heterocycles. The number of thioether (sulfide) groups is 1. The second kappa shape index (κ2) is 7.19. The molecule has 0 fully saturated rings. The van der Waals surface area contributed by atoms with Gasteiger partial charge in [-0.2, -0.15) is 5.10 Å². The first kappa shape index (κ1) is 16.1. The van der Waals surface area contributed by atoms with Crippen LogP contribution in [-0.2, 0) is 11.3 Å². The van der Waals surface area contributed by atoms with Crippen molar-refractivity contribution in [1.82, 2.24) is 9.78 Å². The maximum atomic E-state index is 13.0. The zero-order valence-corrected chi connectivity index (χ0v) is 14.3. The zero-order valence-electron chi connectivity index (χ0n) is 13.4. The lowest BCUT2D eigenvalue weighted by molar-refractivity contribution is 0.0977. The number of amides is 1. The number of carbonyl (C=O) groups is 1. The molecule has 1 aromatic heterocycles. The minimum absolute atomic E-state index is 0.0389. The number of nitrogens with zero attached hydrogens (tertiary/aromatic N) is 3. The Labute approximate surface area is 140 Å². The van der Waals surface area contributed by atoms with Gasteiger partial charge in [-0.25, -0.2) is 0 Å². The molecule has 1 atom stereocenters. The highest BCUT2D eigenvalue weighted by Gasteiger charge is 2.26. The standard InChI is InChI=1S/C17H21N3O2S/c1-13-11-20(15-5-3-4-6-16(15)23-12-13)17(21)14-7-8-19(18-14)9-10-22-2/h3-8,13H,9-12H2,1-2H3/t13-/m0/s1. The molecule has 0 radical (unpaired) electrons. The fraction of sp³-hybridized carbons (Fsp3) is 0.412. The van der Waals surface area contributed by atoms with Crippen molar-refractivity contribution in [1.29, 1.82) is 0 Å². The van der Waals surface area contributed by atoms with E-state index in [1.54, 1.807) is 17.9 Å². The topological polar surface area (TPSA) is 47.4 Å². The fourth-order valence-electron chi connectivity index (χ4n) is 2.61. The molecule has 0 saturated carbocycles. The van der Waals surface area contributed by atoms with Gasteiger partial charge in [0.1, 0.15) is 0 Å². The van der Waals surface area contributed by atoms with Crippen LogP contribution in [0.3, 0.4) is 0 Å². The van der Waals surface area contributed by atoms with Crippen LogP contribution in [0.5, 0.6) is 0 Å². The summed E-state index contributed by atoms with van der Waals surface area (Å²) in [6, 6.07) is 9.87. The van der Waals surface area contributed by atoms with Crippen molar-refractivity contribution < 1.29 is 9.53 Å². The van der Waals surface area contributed by atoms with Crippen LogP contribution in [0.2, 0.25) is 0 Å². The number of methoxy groups -OCH3 is 1. The third kappa shape index (κ3) is 3.59. The van der Waals surface area contributed by atoms with Crippen LogP contribution < -0.4 is 4.90 Å². The summed E-state index contributed by atoms with van der Waals surface area (Å²) < 4.78 is 6.80. The van der Waals surface area contributed by atoms with Gasteiger partial charge in [0.05, 0.1) is 18.8 Å². The van der Waals surface area contributed by atoms with Crippen LogP contribution in [0.15, 0.2) is 41.4 Å². The molecule has 2 aromatic rings. The van der Waals surface area contributed by atoms with Gasteiger partial charge in [-0.3, -0.25) is 9.48 Å². The number of benzene rings is 1. The van der Waals surface area contributed by atoms with Crippen molar-refractivity contribution in [3.05, 3.63) is 42.2 Å². The lowest BCUT2D eigenvalue weighted by Gasteiger charge is -2.23.